The molecule has 0 saturated carbocycles. The van der Waals surface area contributed by atoms with Gasteiger partial charge >= 0.3 is 6.18 Å². The average molecular weight is 291 g/mol. The van der Waals surface area contributed by atoms with E-state index in [4.69, 9.17) is 5.73 Å². The molecule has 0 saturated heterocycles. The second kappa shape index (κ2) is 4.95. The number of halogens is 5. The van der Waals surface area contributed by atoms with Crippen LogP contribution in [-0.4, -0.2) is 11.2 Å². The van der Waals surface area contributed by atoms with E-state index in [1.807, 2.05) is 0 Å². The lowest BCUT2D eigenvalue weighted by atomic mass is 10.1. The average Bonchev–Trinajstić information content (AvgIpc) is 2.02. The Morgan fingerprint density at radius 3 is 2.43 bits per heavy atom. The maximum Gasteiger partial charge on any atom is 0.407 e. The lowest BCUT2D eigenvalue weighted by Gasteiger charge is -2.16. The van der Waals surface area contributed by atoms with Gasteiger partial charge < -0.3 is 5.73 Å². The van der Waals surface area contributed by atoms with Gasteiger partial charge in [-0.3, -0.25) is 0 Å². The van der Waals surface area contributed by atoms with Crippen molar-refractivity contribution in [2.45, 2.75) is 12.2 Å². The molecule has 0 aromatic carbocycles. The van der Waals surface area contributed by atoms with Crippen LogP contribution in [0, 0.1) is 0 Å². The molecule has 0 aliphatic rings. The number of nitrogens with zero attached hydrogens (tertiary/aromatic N) is 1. The van der Waals surface area contributed by atoms with E-state index >= 15 is 0 Å². The van der Waals surface area contributed by atoms with Crippen LogP contribution in [-0.2, 0) is 0 Å². The molecule has 0 aliphatic heterocycles. The van der Waals surface area contributed by atoms with E-state index in [9.17, 15) is 13.2 Å². The zero-order chi connectivity index (χ0) is 10.1. The quantitative estimate of drug-likeness (QED) is 0.808. The zero-order valence-corrected chi connectivity index (χ0v) is 9.16. The van der Waals surface area contributed by atoms with Gasteiger partial charge in [-0.2, -0.15) is 13.2 Å². The third kappa shape index (κ3) is 3.11. The van der Waals surface area contributed by atoms with E-state index in [0.717, 1.165) is 0 Å². The van der Waals surface area contributed by atoms with Crippen LogP contribution >= 0.6 is 28.3 Å². The Labute approximate surface area is 93.2 Å². The van der Waals surface area contributed by atoms with Crippen molar-refractivity contribution in [1.29, 1.82) is 0 Å². The van der Waals surface area contributed by atoms with Gasteiger partial charge in [0, 0.05) is 11.8 Å². The van der Waals surface area contributed by atoms with Crippen molar-refractivity contribution >= 4 is 28.3 Å². The highest BCUT2D eigenvalue weighted by molar-refractivity contribution is 9.10. The topological polar surface area (TPSA) is 38.9 Å². The molecule has 80 valence electrons. The van der Waals surface area contributed by atoms with Crippen molar-refractivity contribution in [2.24, 2.45) is 5.73 Å². The van der Waals surface area contributed by atoms with E-state index in [1.54, 1.807) is 0 Å². The van der Waals surface area contributed by atoms with Gasteiger partial charge in [-0.15, -0.1) is 12.4 Å². The molecular formula is C7H7BrClF3N2. The predicted molar refractivity (Wildman–Crippen MR) is 52.2 cm³/mol. The molecule has 0 unspecified atom stereocenters. The number of rotatable bonds is 1. The summed E-state index contributed by atoms with van der Waals surface area (Å²) in [6.45, 7) is 0. The summed E-state index contributed by atoms with van der Waals surface area (Å²) in [5.74, 6) is 0. The van der Waals surface area contributed by atoms with Crippen LogP contribution in [0.1, 0.15) is 11.6 Å². The highest BCUT2D eigenvalue weighted by atomic mass is 79.9. The van der Waals surface area contributed by atoms with Gasteiger partial charge in [-0.1, -0.05) is 6.07 Å². The van der Waals surface area contributed by atoms with Crippen molar-refractivity contribution in [3.8, 4) is 0 Å². The van der Waals surface area contributed by atoms with E-state index in [2.05, 4.69) is 20.9 Å². The second-order valence-electron chi connectivity index (χ2n) is 2.40. The zero-order valence-electron chi connectivity index (χ0n) is 6.75. The van der Waals surface area contributed by atoms with Crippen LogP contribution in [0.4, 0.5) is 13.2 Å². The van der Waals surface area contributed by atoms with Gasteiger partial charge in [0.2, 0.25) is 0 Å². The number of hydrogen-bond donors (Lipinski definition) is 1. The molecule has 2 nitrogen and oxygen atoms in total. The summed E-state index contributed by atoms with van der Waals surface area (Å²) in [6.07, 6.45) is -3.05. The normalized spacial score (nSPS) is 13.2. The molecule has 2 N–H and O–H groups in total. The molecule has 1 heterocycles. The van der Waals surface area contributed by atoms with E-state index in [-0.39, 0.29) is 22.6 Å². The van der Waals surface area contributed by atoms with Crippen molar-refractivity contribution in [3.05, 3.63) is 28.5 Å². The van der Waals surface area contributed by atoms with Crippen molar-refractivity contribution in [2.75, 3.05) is 0 Å². The molecule has 0 amide bonds. The summed E-state index contributed by atoms with van der Waals surface area (Å²) in [5, 5.41) is 0. The standard InChI is InChI=1S/C7H6BrF3N2.ClH/c8-6-4(2-1-3-13-6)5(12)7(9,10)11;/h1-3,5H,12H2;1H/t5-;/m1./s1. The molecule has 1 rings (SSSR count). The number of nitrogens with two attached hydrogens (primary N) is 1. The van der Waals surface area contributed by atoms with Crippen molar-refractivity contribution in [1.82, 2.24) is 4.98 Å². The van der Waals surface area contributed by atoms with E-state index < -0.39 is 12.2 Å². The largest absolute Gasteiger partial charge is 0.407 e. The summed E-state index contributed by atoms with van der Waals surface area (Å²) in [7, 11) is 0. The minimum absolute atomic E-state index is 0. The SMILES string of the molecule is Cl.N[C@H](c1cccnc1Br)C(F)(F)F. The molecular weight excluding hydrogens is 284 g/mol. The summed E-state index contributed by atoms with van der Waals surface area (Å²) in [5.41, 5.74) is 4.92. The van der Waals surface area contributed by atoms with Gasteiger partial charge in [0.15, 0.2) is 0 Å². The van der Waals surface area contributed by atoms with Gasteiger partial charge in [0.1, 0.15) is 10.6 Å². The Bertz CT molecular complexity index is 305. The van der Waals surface area contributed by atoms with E-state index in [1.165, 1.54) is 18.3 Å². The Hall–Kier alpha value is -0.330. The molecule has 0 fully saturated rings. The van der Waals surface area contributed by atoms with Crippen LogP contribution in [0.5, 0.6) is 0 Å². The molecule has 1 aromatic rings. The highest BCUT2D eigenvalue weighted by Crippen LogP contribution is 2.32. The Morgan fingerprint density at radius 1 is 1.43 bits per heavy atom. The number of alkyl halides is 3. The molecule has 14 heavy (non-hydrogen) atoms. The summed E-state index contributed by atoms with van der Waals surface area (Å²) >= 11 is 2.90. The summed E-state index contributed by atoms with van der Waals surface area (Å²) in [4.78, 5) is 3.65. The first-order chi connectivity index (χ1) is 5.93. The van der Waals surface area contributed by atoms with Crippen LogP contribution in [0.2, 0.25) is 0 Å². The van der Waals surface area contributed by atoms with Gasteiger partial charge in [-0.25, -0.2) is 4.98 Å². The van der Waals surface area contributed by atoms with Crippen LogP contribution in [0.15, 0.2) is 22.9 Å². The lowest BCUT2D eigenvalue weighted by Crippen LogP contribution is -2.28. The fraction of sp³-hybridized carbons (Fsp3) is 0.286. The van der Waals surface area contributed by atoms with Crippen molar-refractivity contribution in [3.63, 3.8) is 0 Å². The van der Waals surface area contributed by atoms with Crippen molar-refractivity contribution < 1.29 is 13.2 Å². The van der Waals surface area contributed by atoms with E-state index in [0.29, 0.717) is 0 Å². The van der Waals surface area contributed by atoms with Crippen LogP contribution in [0.25, 0.3) is 0 Å². The maximum absolute atomic E-state index is 12.1. The van der Waals surface area contributed by atoms with Gasteiger partial charge in [0.05, 0.1) is 0 Å². The predicted octanol–water partition coefficient (Wildman–Crippen LogP) is 2.83. The highest BCUT2D eigenvalue weighted by Gasteiger charge is 2.38. The Balaban J connectivity index is 0.00000169. The Kier molecular flexibility index (Phi) is 4.83. The number of pyridine rings is 1. The lowest BCUT2D eigenvalue weighted by molar-refractivity contribution is -0.149. The minimum Gasteiger partial charge on any atom is -0.316 e. The monoisotopic (exact) mass is 290 g/mol. The van der Waals surface area contributed by atoms with Crippen LogP contribution < -0.4 is 5.73 Å². The van der Waals surface area contributed by atoms with Gasteiger partial charge in [0.25, 0.3) is 0 Å². The first-order valence-corrected chi connectivity index (χ1v) is 4.15. The fourth-order valence-electron chi connectivity index (χ4n) is 0.807. The number of aromatic nitrogens is 1. The smallest absolute Gasteiger partial charge is 0.316 e. The first kappa shape index (κ1) is 13.7. The third-order valence-electron chi connectivity index (χ3n) is 1.48. The molecule has 7 heteroatoms. The molecule has 1 atom stereocenters. The number of hydrogen-bond acceptors (Lipinski definition) is 2. The third-order valence-corrected chi connectivity index (χ3v) is 2.14. The molecule has 0 spiro atoms. The summed E-state index contributed by atoms with van der Waals surface area (Å²) in [6, 6.07) is 0.705. The van der Waals surface area contributed by atoms with Crippen LogP contribution in [0.3, 0.4) is 0 Å². The molecule has 1 aromatic heterocycles. The maximum atomic E-state index is 12.1. The molecule has 0 aliphatic carbocycles. The molecule has 0 bridgehead atoms. The summed E-state index contributed by atoms with van der Waals surface area (Å²) < 4.78 is 36.5. The first-order valence-electron chi connectivity index (χ1n) is 3.35. The molecule has 0 radical (unpaired) electrons. The van der Waals surface area contributed by atoms with Gasteiger partial charge in [-0.05, 0) is 22.0 Å². The Morgan fingerprint density at radius 2 is 2.00 bits per heavy atom. The minimum atomic E-state index is -4.44. The second-order valence-corrected chi connectivity index (χ2v) is 3.15. The fourth-order valence-corrected chi connectivity index (χ4v) is 1.30.